The van der Waals surface area contributed by atoms with Crippen LogP contribution in [0.3, 0.4) is 0 Å². The molecule has 0 bridgehead atoms. The molecule has 5 nitrogen and oxygen atoms in total. The summed E-state index contributed by atoms with van der Waals surface area (Å²) in [6.45, 7) is 5.26. The summed E-state index contributed by atoms with van der Waals surface area (Å²) in [4.78, 5) is 16.0. The van der Waals surface area contributed by atoms with Crippen LogP contribution in [-0.4, -0.2) is 56.0 Å². The van der Waals surface area contributed by atoms with E-state index in [0.717, 1.165) is 29.3 Å². The third-order valence-electron chi connectivity index (χ3n) is 4.95. The third-order valence-corrected chi connectivity index (χ3v) is 6.06. The largest absolute Gasteiger partial charge is 0.497 e. The van der Waals surface area contributed by atoms with Crippen molar-refractivity contribution in [2.75, 3.05) is 40.0 Å². The zero-order valence-electron chi connectivity index (χ0n) is 16.8. The van der Waals surface area contributed by atoms with Crippen LogP contribution in [0.4, 0.5) is 4.39 Å². The van der Waals surface area contributed by atoms with Crippen LogP contribution in [0.5, 0.6) is 5.75 Å². The highest BCUT2D eigenvalue weighted by Gasteiger charge is 2.24. The predicted molar refractivity (Wildman–Crippen MR) is 113 cm³/mol. The Morgan fingerprint density at radius 2 is 1.83 bits per heavy atom. The fraction of sp³-hybridized carbons (Fsp3) is 0.409. The van der Waals surface area contributed by atoms with E-state index >= 15 is 0 Å². The van der Waals surface area contributed by atoms with E-state index in [1.54, 1.807) is 19.2 Å². The highest BCUT2D eigenvalue weighted by Crippen LogP contribution is 2.26. The van der Waals surface area contributed by atoms with E-state index in [2.05, 4.69) is 10.2 Å². The van der Waals surface area contributed by atoms with Crippen LogP contribution >= 0.6 is 11.8 Å². The molecular formula is C22H27FN2O3S. The number of carbonyl (C=O) groups is 1. The van der Waals surface area contributed by atoms with E-state index in [-0.39, 0.29) is 23.0 Å². The molecule has 0 spiro atoms. The standard InChI is InChI=1S/C22H27FN2O3S/c1-16(29-20-9-7-19(27-2)8-10-20)22(26)24-15-21(25-11-13-28-14-12-25)17-3-5-18(23)6-4-17/h3-10,16,21H,11-15H2,1-2H3,(H,24,26). The van der Waals surface area contributed by atoms with Crippen molar-refractivity contribution in [2.24, 2.45) is 0 Å². The van der Waals surface area contributed by atoms with Crippen molar-refractivity contribution in [2.45, 2.75) is 23.1 Å². The van der Waals surface area contributed by atoms with Gasteiger partial charge in [0.1, 0.15) is 11.6 Å². The lowest BCUT2D eigenvalue weighted by molar-refractivity contribution is -0.120. The van der Waals surface area contributed by atoms with Gasteiger partial charge in [0.2, 0.25) is 5.91 Å². The summed E-state index contributed by atoms with van der Waals surface area (Å²) in [6, 6.07) is 14.2. The van der Waals surface area contributed by atoms with Gasteiger partial charge in [-0.05, 0) is 48.9 Å². The summed E-state index contributed by atoms with van der Waals surface area (Å²) < 4.78 is 24.0. The number of morpholine rings is 1. The Bertz CT molecular complexity index is 780. The fourth-order valence-corrected chi connectivity index (χ4v) is 4.18. The van der Waals surface area contributed by atoms with Gasteiger partial charge in [0, 0.05) is 24.5 Å². The van der Waals surface area contributed by atoms with E-state index in [4.69, 9.17) is 9.47 Å². The van der Waals surface area contributed by atoms with Gasteiger partial charge in [0.25, 0.3) is 0 Å². The van der Waals surface area contributed by atoms with Crippen molar-refractivity contribution < 1.29 is 18.7 Å². The summed E-state index contributed by atoms with van der Waals surface area (Å²) in [5, 5.41) is 2.84. The maximum atomic E-state index is 13.4. The number of halogens is 1. The van der Waals surface area contributed by atoms with E-state index in [1.165, 1.54) is 23.9 Å². The Kier molecular flexibility index (Phi) is 7.91. The van der Waals surface area contributed by atoms with Crippen molar-refractivity contribution >= 4 is 17.7 Å². The number of methoxy groups -OCH3 is 1. The average Bonchev–Trinajstić information content (AvgIpc) is 2.76. The Morgan fingerprint density at radius 3 is 2.45 bits per heavy atom. The van der Waals surface area contributed by atoms with Crippen LogP contribution in [0.1, 0.15) is 18.5 Å². The molecule has 1 aliphatic heterocycles. The molecule has 156 valence electrons. The van der Waals surface area contributed by atoms with Crippen LogP contribution in [0.25, 0.3) is 0 Å². The predicted octanol–water partition coefficient (Wildman–Crippen LogP) is 3.50. The van der Waals surface area contributed by atoms with Gasteiger partial charge in [0.15, 0.2) is 0 Å². The normalized spacial score (nSPS) is 16.8. The van der Waals surface area contributed by atoms with E-state index in [9.17, 15) is 9.18 Å². The first-order chi connectivity index (χ1) is 14.1. The second-order valence-corrected chi connectivity index (χ2v) is 8.31. The average molecular weight is 419 g/mol. The summed E-state index contributed by atoms with van der Waals surface area (Å²) in [6.07, 6.45) is 0. The quantitative estimate of drug-likeness (QED) is 0.665. The van der Waals surface area contributed by atoms with Crippen molar-refractivity contribution in [1.82, 2.24) is 10.2 Å². The number of hydrogen-bond donors (Lipinski definition) is 1. The Balaban J connectivity index is 1.61. The topological polar surface area (TPSA) is 50.8 Å². The second-order valence-electron chi connectivity index (χ2n) is 6.90. The molecule has 1 aliphatic rings. The van der Waals surface area contributed by atoms with E-state index in [1.807, 2.05) is 31.2 Å². The number of rotatable bonds is 8. The van der Waals surface area contributed by atoms with Gasteiger partial charge in [-0.15, -0.1) is 11.8 Å². The number of amides is 1. The molecule has 1 N–H and O–H groups in total. The number of thioether (sulfide) groups is 1. The Labute approximate surface area is 175 Å². The number of carbonyl (C=O) groups excluding carboxylic acids is 1. The molecule has 1 amide bonds. The minimum Gasteiger partial charge on any atom is -0.497 e. The first kappa shape index (κ1) is 21.6. The molecule has 0 aliphatic carbocycles. The maximum absolute atomic E-state index is 13.4. The van der Waals surface area contributed by atoms with Gasteiger partial charge in [-0.25, -0.2) is 4.39 Å². The van der Waals surface area contributed by atoms with E-state index < -0.39 is 0 Å². The number of hydrogen-bond acceptors (Lipinski definition) is 5. The van der Waals surface area contributed by atoms with Crippen molar-refractivity contribution in [3.63, 3.8) is 0 Å². The number of nitrogens with one attached hydrogen (secondary N) is 1. The number of nitrogens with zero attached hydrogens (tertiary/aromatic N) is 1. The summed E-state index contributed by atoms with van der Waals surface area (Å²) in [5.41, 5.74) is 0.990. The molecule has 2 unspecified atom stereocenters. The molecule has 1 saturated heterocycles. The fourth-order valence-electron chi connectivity index (χ4n) is 3.28. The Morgan fingerprint density at radius 1 is 1.17 bits per heavy atom. The third kappa shape index (κ3) is 6.19. The molecule has 0 aromatic heterocycles. The minimum absolute atomic E-state index is 0.0124. The lowest BCUT2D eigenvalue weighted by atomic mass is 10.0. The van der Waals surface area contributed by atoms with Crippen molar-refractivity contribution in [3.05, 3.63) is 59.9 Å². The van der Waals surface area contributed by atoms with Crippen molar-refractivity contribution in [1.29, 1.82) is 0 Å². The molecular weight excluding hydrogens is 391 g/mol. The lowest BCUT2D eigenvalue weighted by Gasteiger charge is -2.35. The van der Waals surface area contributed by atoms with Crippen LogP contribution in [-0.2, 0) is 9.53 Å². The summed E-state index contributed by atoms with van der Waals surface area (Å²) in [5.74, 6) is 0.508. The molecule has 1 fully saturated rings. The van der Waals surface area contributed by atoms with Gasteiger partial charge < -0.3 is 14.8 Å². The van der Waals surface area contributed by atoms with Crippen LogP contribution in [0.2, 0.25) is 0 Å². The molecule has 2 aromatic rings. The van der Waals surface area contributed by atoms with Gasteiger partial charge in [-0.1, -0.05) is 12.1 Å². The molecule has 0 saturated carbocycles. The highest BCUT2D eigenvalue weighted by molar-refractivity contribution is 8.00. The summed E-state index contributed by atoms with van der Waals surface area (Å²) >= 11 is 1.51. The Hall–Kier alpha value is -2.09. The molecule has 29 heavy (non-hydrogen) atoms. The highest BCUT2D eigenvalue weighted by atomic mass is 32.2. The lowest BCUT2D eigenvalue weighted by Crippen LogP contribution is -2.44. The molecule has 0 radical (unpaired) electrons. The first-order valence-corrected chi connectivity index (χ1v) is 10.6. The van der Waals surface area contributed by atoms with Crippen LogP contribution in [0, 0.1) is 5.82 Å². The minimum atomic E-state index is -0.261. The zero-order chi connectivity index (χ0) is 20.6. The van der Waals surface area contributed by atoms with Gasteiger partial charge in [0.05, 0.1) is 31.6 Å². The van der Waals surface area contributed by atoms with Crippen LogP contribution < -0.4 is 10.1 Å². The number of ether oxygens (including phenoxy) is 2. The maximum Gasteiger partial charge on any atom is 0.233 e. The van der Waals surface area contributed by atoms with Crippen molar-refractivity contribution in [3.8, 4) is 5.75 Å². The zero-order valence-corrected chi connectivity index (χ0v) is 17.6. The molecule has 7 heteroatoms. The smallest absolute Gasteiger partial charge is 0.233 e. The monoisotopic (exact) mass is 418 g/mol. The SMILES string of the molecule is COc1ccc(SC(C)C(=O)NCC(c2ccc(F)cc2)N2CCOCC2)cc1. The van der Waals surface area contributed by atoms with E-state index in [0.29, 0.717) is 19.8 Å². The molecule has 1 heterocycles. The molecule has 2 aromatic carbocycles. The number of benzene rings is 2. The first-order valence-electron chi connectivity index (χ1n) is 9.72. The van der Waals surface area contributed by atoms with Gasteiger partial charge in [-0.3, -0.25) is 9.69 Å². The van der Waals surface area contributed by atoms with Gasteiger partial charge in [-0.2, -0.15) is 0 Å². The summed E-state index contributed by atoms with van der Waals surface area (Å²) in [7, 11) is 1.63. The second kappa shape index (κ2) is 10.6. The van der Waals surface area contributed by atoms with Gasteiger partial charge >= 0.3 is 0 Å². The molecule has 3 rings (SSSR count). The van der Waals surface area contributed by atoms with Crippen LogP contribution in [0.15, 0.2) is 53.4 Å². The molecule has 2 atom stereocenters.